The van der Waals surface area contributed by atoms with E-state index in [-0.39, 0.29) is 11.9 Å². The minimum absolute atomic E-state index is 0.0188. The van der Waals surface area contributed by atoms with Gasteiger partial charge in [-0.2, -0.15) is 13.2 Å². The number of hydrogen-bond acceptors (Lipinski definition) is 3. The maximum atomic E-state index is 12.7. The second-order valence-corrected chi connectivity index (χ2v) is 5.04. The van der Waals surface area contributed by atoms with Gasteiger partial charge in [0.15, 0.2) is 5.69 Å². The molecular formula is C13H10Cl2F3N3. The summed E-state index contributed by atoms with van der Waals surface area (Å²) in [4.78, 5) is 6.91. The summed E-state index contributed by atoms with van der Waals surface area (Å²) in [5, 5.41) is 2.87. The number of nitrogens with one attached hydrogen (secondary N) is 1. The SMILES string of the molecule is CC(Nc1cc(C(F)(F)F)nc(Cl)n1)c1ccccc1Cl. The summed E-state index contributed by atoms with van der Waals surface area (Å²) in [5.74, 6) is -0.0188. The van der Waals surface area contributed by atoms with Gasteiger partial charge in [-0.25, -0.2) is 9.97 Å². The monoisotopic (exact) mass is 335 g/mol. The van der Waals surface area contributed by atoms with Crippen molar-refractivity contribution in [2.24, 2.45) is 0 Å². The van der Waals surface area contributed by atoms with E-state index in [0.29, 0.717) is 5.02 Å². The third-order valence-corrected chi connectivity index (χ3v) is 3.24. The molecule has 8 heteroatoms. The highest BCUT2D eigenvalue weighted by atomic mass is 35.5. The molecule has 0 saturated carbocycles. The van der Waals surface area contributed by atoms with E-state index in [2.05, 4.69) is 15.3 Å². The Kier molecular flexibility index (Phi) is 4.58. The second kappa shape index (κ2) is 6.07. The van der Waals surface area contributed by atoms with Gasteiger partial charge in [-0.15, -0.1) is 0 Å². The second-order valence-electron chi connectivity index (χ2n) is 4.29. The Bertz CT molecular complexity index is 647. The van der Waals surface area contributed by atoms with Crippen LogP contribution in [0.1, 0.15) is 24.2 Å². The Hall–Kier alpha value is -1.53. The zero-order valence-electron chi connectivity index (χ0n) is 10.7. The van der Waals surface area contributed by atoms with E-state index in [1.807, 2.05) is 0 Å². The molecule has 0 amide bonds. The van der Waals surface area contributed by atoms with Gasteiger partial charge >= 0.3 is 6.18 Å². The molecule has 1 heterocycles. The lowest BCUT2D eigenvalue weighted by Gasteiger charge is -2.17. The zero-order valence-corrected chi connectivity index (χ0v) is 12.3. The predicted molar refractivity (Wildman–Crippen MR) is 75.5 cm³/mol. The molecule has 0 saturated heterocycles. The number of benzene rings is 1. The highest BCUT2D eigenvalue weighted by molar-refractivity contribution is 6.31. The topological polar surface area (TPSA) is 37.8 Å². The van der Waals surface area contributed by atoms with Gasteiger partial charge in [0.2, 0.25) is 5.28 Å². The third-order valence-electron chi connectivity index (χ3n) is 2.73. The minimum atomic E-state index is -4.59. The van der Waals surface area contributed by atoms with Crippen LogP contribution in [0.3, 0.4) is 0 Å². The first-order chi connectivity index (χ1) is 9.77. The smallest absolute Gasteiger partial charge is 0.363 e. The van der Waals surface area contributed by atoms with E-state index in [1.165, 1.54) is 0 Å². The van der Waals surface area contributed by atoms with Crippen LogP contribution in [0.5, 0.6) is 0 Å². The van der Waals surface area contributed by atoms with Crippen molar-refractivity contribution in [3.8, 4) is 0 Å². The Morgan fingerprint density at radius 2 is 1.81 bits per heavy atom. The Balaban J connectivity index is 2.28. The van der Waals surface area contributed by atoms with Crippen LogP contribution in [0, 0.1) is 0 Å². The van der Waals surface area contributed by atoms with Crippen molar-refractivity contribution in [3.63, 3.8) is 0 Å². The summed E-state index contributed by atoms with van der Waals surface area (Å²) >= 11 is 11.6. The first-order valence-electron chi connectivity index (χ1n) is 5.90. The highest BCUT2D eigenvalue weighted by Crippen LogP contribution is 2.31. The maximum absolute atomic E-state index is 12.7. The van der Waals surface area contributed by atoms with Crippen LogP contribution < -0.4 is 5.32 Å². The van der Waals surface area contributed by atoms with Gasteiger partial charge in [-0.05, 0) is 30.2 Å². The lowest BCUT2D eigenvalue weighted by Crippen LogP contribution is -2.13. The number of anilines is 1. The number of nitrogens with zero attached hydrogens (tertiary/aromatic N) is 2. The molecule has 0 aliphatic heterocycles. The third kappa shape index (κ3) is 3.98. The summed E-state index contributed by atoms with van der Waals surface area (Å²) in [6.07, 6.45) is -4.59. The van der Waals surface area contributed by atoms with Crippen LogP contribution in [0.4, 0.5) is 19.0 Å². The van der Waals surface area contributed by atoms with Crippen molar-refractivity contribution in [2.45, 2.75) is 19.1 Å². The molecule has 1 N–H and O–H groups in total. The molecule has 0 aliphatic carbocycles. The molecule has 3 nitrogen and oxygen atoms in total. The lowest BCUT2D eigenvalue weighted by molar-refractivity contribution is -0.141. The molecule has 1 unspecified atom stereocenters. The molecule has 0 spiro atoms. The summed E-state index contributed by atoms with van der Waals surface area (Å²) in [6.45, 7) is 1.75. The molecule has 1 aromatic heterocycles. The van der Waals surface area contributed by atoms with Gasteiger partial charge in [0, 0.05) is 11.1 Å². The fraction of sp³-hybridized carbons (Fsp3) is 0.231. The standard InChI is InChI=1S/C13H10Cl2F3N3/c1-7(8-4-2-3-5-9(8)14)19-11-6-10(13(16,17)18)20-12(15)21-11/h2-7H,1H3,(H,19,20,21). The fourth-order valence-electron chi connectivity index (χ4n) is 1.76. The normalized spacial score (nSPS) is 13.0. The predicted octanol–water partition coefficient (Wildman–Crippen LogP) is 4.98. The molecule has 0 radical (unpaired) electrons. The average molecular weight is 336 g/mol. The molecule has 1 atom stereocenters. The largest absolute Gasteiger partial charge is 0.433 e. The van der Waals surface area contributed by atoms with Crippen molar-refractivity contribution in [3.05, 3.63) is 51.9 Å². The van der Waals surface area contributed by atoms with Crippen molar-refractivity contribution in [1.29, 1.82) is 0 Å². The number of halogens is 5. The maximum Gasteiger partial charge on any atom is 0.433 e. The van der Waals surface area contributed by atoms with Crippen LogP contribution in [-0.2, 0) is 6.18 Å². The van der Waals surface area contributed by atoms with E-state index < -0.39 is 17.2 Å². The fourth-order valence-corrected chi connectivity index (χ4v) is 2.24. The molecule has 0 bridgehead atoms. The van der Waals surface area contributed by atoms with E-state index in [4.69, 9.17) is 23.2 Å². The first-order valence-corrected chi connectivity index (χ1v) is 6.65. The molecule has 0 fully saturated rings. The molecule has 112 valence electrons. The van der Waals surface area contributed by atoms with Crippen LogP contribution in [0.2, 0.25) is 10.3 Å². The van der Waals surface area contributed by atoms with Crippen LogP contribution in [0.25, 0.3) is 0 Å². The van der Waals surface area contributed by atoms with Crippen LogP contribution in [-0.4, -0.2) is 9.97 Å². The van der Waals surface area contributed by atoms with Crippen molar-refractivity contribution < 1.29 is 13.2 Å². The number of rotatable bonds is 3. The Morgan fingerprint density at radius 1 is 1.14 bits per heavy atom. The van der Waals surface area contributed by atoms with Crippen LogP contribution in [0.15, 0.2) is 30.3 Å². The number of hydrogen-bond donors (Lipinski definition) is 1. The van der Waals surface area contributed by atoms with Gasteiger partial charge in [-0.1, -0.05) is 29.8 Å². The van der Waals surface area contributed by atoms with E-state index in [0.717, 1.165) is 11.6 Å². The van der Waals surface area contributed by atoms with E-state index in [1.54, 1.807) is 31.2 Å². The van der Waals surface area contributed by atoms with Gasteiger partial charge in [0.05, 0.1) is 6.04 Å². The summed E-state index contributed by atoms with van der Waals surface area (Å²) < 4.78 is 38.0. The molecule has 1 aromatic carbocycles. The average Bonchev–Trinajstić information content (AvgIpc) is 2.37. The van der Waals surface area contributed by atoms with Crippen LogP contribution >= 0.6 is 23.2 Å². The van der Waals surface area contributed by atoms with Gasteiger partial charge in [0.1, 0.15) is 5.82 Å². The van der Waals surface area contributed by atoms with Crippen molar-refractivity contribution >= 4 is 29.0 Å². The minimum Gasteiger partial charge on any atom is -0.363 e. The zero-order chi connectivity index (χ0) is 15.6. The highest BCUT2D eigenvalue weighted by Gasteiger charge is 2.33. The summed E-state index contributed by atoms with van der Waals surface area (Å²) in [5.41, 5.74) is -0.362. The van der Waals surface area contributed by atoms with Crippen molar-refractivity contribution in [1.82, 2.24) is 9.97 Å². The van der Waals surface area contributed by atoms with Gasteiger partial charge < -0.3 is 5.32 Å². The number of aromatic nitrogens is 2. The Morgan fingerprint density at radius 3 is 2.43 bits per heavy atom. The molecular weight excluding hydrogens is 326 g/mol. The van der Waals surface area contributed by atoms with E-state index in [9.17, 15) is 13.2 Å². The lowest BCUT2D eigenvalue weighted by atomic mass is 10.1. The van der Waals surface area contributed by atoms with Gasteiger partial charge in [0.25, 0.3) is 0 Å². The summed E-state index contributed by atoms with van der Waals surface area (Å²) in [6, 6.07) is 7.48. The summed E-state index contributed by atoms with van der Waals surface area (Å²) in [7, 11) is 0. The number of alkyl halides is 3. The molecule has 2 aromatic rings. The molecule has 21 heavy (non-hydrogen) atoms. The quantitative estimate of drug-likeness (QED) is 0.804. The van der Waals surface area contributed by atoms with Crippen molar-refractivity contribution in [2.75, 3.05) is 5.32 Å². The molecule has 2 rings (SSSR count). The van der Waals surface area contributed by atoms with E-state index >= 15 is 0 Å². The molecule has 0 aliphatic rings. The Labute approximate surface area is 129 Å². The van der Waals surface area contributed by atoms with Gasteiger partial charge in [-0.3, -0.25) is 0 Å². The first kappa shape index (κ1) is 15.9.